The molecular weight excluding hydrogens is 362 g/mol. The van der Waals surface area contributed by atoms with Crippen LogP contribution in [0.3, 0.4) is 0 Å². The maximum absolute atomic E-state index is 12.4. The van der Waals surface area contributed by atoms with Crippen LogP contribution < -0.4 is 5.32 Å². The lowest BCUT2D eigenvalue weighted by Gasteiger charge is -2.16. The molecule has 1 amide bonds. The Kier molecular flexibility index (Phi) is 4.69. The van der Waals surface area contributed by atoms with Crippen LogP contribution in [0.4, 0.5) is 0 Å². The van der Waals surface area contributed by atoms with Crippen molar-refractivity contribution in [3.05, 3.63) is 89.1 Å². The van der Waals surface area contributed by atoms with E-state index >= 15 is 0 Å². The molecule has 0 aliphatic heterocycles. The van der Waals surface area contributed by atoms with Crippen molar-refractivity contribution in [3.8, 4) is 0 Å². The van der Waals surface area contributed by atoms with Crippen molar-refractivity contribution in [2.45, 2.75) is 19.5 Å². The van der Waals surface area contributed by atoms with E-state index in [1.807, 2.05) is 55.5 Å². The Morgan fingerprint density at radius 1 is 1.19 bits per heavy atom. The number of furan rings is 1. The molecule has 1 unspecified atom stereocenters. The Balaban J connectivity index is 1.70. The first-order chi connectivity index (χ1) is 13.1. The van der Waals surface area contributed by atoms with Gasteiger partial charge in [0.1, 0.15) is 5.82 Å². The summed E-state index contributed by atoms with van der Waals surface area (Å²) in [5, 5.41) is 3.65. The molecule has 0 saturated heterocycles. The molecule has 0 radical (unpaired) electrons. The molecule has 0 saturated carbocycles. The number of imidazole rings is 1. The number of carbonyl (C=O) groups is 1. The van der Waals surface area contributed by atoms with Crippen molar-refractivity contribution in [1.82, 2.24) is 14.9 Å². The fourth-order valence-electron chi connectivity index (χ4n) is 3.15. The average Bonchev–Trinajstić information content (AvgIpc) is 3.30. The summed E-state index contributed by atoms with van der Waals surface area (Å²) in [5.74, 6) is 0.782. The molecule has 0 aliphatic rings. The van der Waals surface area contributed by atoms with Gasteiger partial charge in [0.15, 0.2) is 5.76 Å². The molecule has 0 bridgehead atoms. The zero-order chi connectivity index (χ0) is 18.8. The highest BCUT2D eigenvalue weighted by atomic mass is 35.5. The second-order valence-corrected chi connectivity index (χ2v) is 6.78. The minimum absolute atomic E-state index is 0.270. The molecule has 0 fully saturated rings. The molecule has 2 heterocycles. The SMILES string of the molecule is CC(NC(=O)c1ccco1)c1nc2ccccc2n1Cc1cccc(Cl)c1. The Morgan fingerprint density at radius 3 is 2.81 bits per heavy atom. The van der Waals surface area contributed by atoms with Crippen molar-refractivity contribution in [2.75, 3.05) is 0 Å². The van der Waals surface area contributed by atoms with Crippen molar-refractivity contribution in [2.24, 2.45) is 0 Å². The van der Waals surface area contributed by atoms with E-state index in [1.54, 1.807) is 12.1 Å². The van der Waals surface area contributed by atoms with Gasteiger partial charge in [-0.25, -0.2) is 4.98 Å². The first kappa shape index (κ1) is 17.4. The fraction of sp³-hybridized carbons (Fsp3) is 0.143. The highest BCUT2D eigenvalue weighted by molar-refractivity contribution is 6.30. The number of fused-ring (bicyclic) bond motifs is 1. The monoisotopic (exact) mass is 379 g/mol. The molecule has 27 heavy (non-hydrogen) atoms. The number of nitrogens with one attached hydrogen (secondary N) is 1. The summed E-state index contributed by atoms with van der Waals surface area (Å²) < 4.78 is 7.28. The van der Waals surface area contributed by atoms with Crippen LogP contribution in [0.5, 0.6) is 0 Å². The molecule has 2 aromatic carbocycles. The van der Waals surface area contributed by atoms with E-state index in [9.17, 15) is 4.79 Å². The highest BCUT2D eigenvalue weighted by Crippen LogP contribution is 2.23. The van der Waals surface area contributed by atoms with E-state index in [1.165, 1.54) is 6.26 Å². The summed E-state index contributed by atoms with van der Waals surface area (Å²) in [6.45, 7) is 2.52. The van der Waals surface area contributed by atoms with E-state index < -0.39 is 0 Å². The first-order valence-electron chi connectivity index (χ1n) is 8.66. The maximum Gasteiger partial charge on any atom is 0.287 e. The molecule has 136 valence electrons. The van der Waals surface area contributed by atoms with Gasteiger partial charge in [0.25, 0.3) is 5.91 Å². The van der Waals surface area contributed by atoms with Crippen LogP contribution >= 0.6 is 11.6 Å². The Labute approximate surface area is 161 Å². The summed E-state index contributed by atoms with van der Waals surface area (Å²) in [7, 11) is 0. The minimum Gasteiger partial charge on any atom is -0.459 e. The summed E-state index contributed by atoms with van der Waals surface area (Å²) in [6, 6.07) is 18.7. The summed E-state index contributed by atoms with van der Waals surface area (Å²) in [6.07, 6.45) is 1.48. The number of rotatable bonds is 5. The Morgan fingerprint density at radius 2 is 2.04 bits per heavy atom. The number of hydrogen-bond acceptors (Lipinski definition) is 3. The molecule has 0 spiro atoms. The number of amides is 1. The number of carbonyl (C=O) groups excluding carboxylic acids is 1. The zero-order valence-corrected chi connectivity index (χ0v) is 15.5. The van der Waals surface area contributed by atoms with Gasteiger partial charge in [-0.15, -0.1) is 0 Å². The molecule has 1 N–H and O–H groups in total. The van der Waals surface area contributed by atoms with E-state index in [2.05, 4.69) is 9.88 Å². The van der Waals surface area contributed by atoms with Crippen LogP contribution in [0, 0.1) is 0 Å². The van der Waals surface area contributed by atoms with Crippen molar-refractivity contribution in [3.63, 3.8) is 0 Å². The summed E-state index contributed by atoms with van der Waals surface area (Å²) >= 11 is 6.14. The van der Waals surface area contributed by atoms with E-state index in [0.717, 1.165) is 22.4 Å². The lowest BCUT2D eigenvalue weighted by Crippen LogP contribution is -2.28. The summed E-state index contributed by atoms with van der Waals surface area (Å²) in [4.78, 5) is 17.1. The molecule has 5 nitrogen and oxygen atoms in total. The van der Waals surface area contributed by atoms with Gasteiger partial charge in [0, 0.05) is 11.6 Å². The first-order valence-corrected chi connectivity index (χ1v) is 9.03. The predicted molar refractivity (Wildman–Crippen MR) is 105 cm³/mol. The highest BCUT2D eigenvalue weighted by Gasteiger charge is 2.20. The second kappa shape index (κ2) is 7.29. The number of benzene rings is 2. The standard InChI is InChI=1S/C21H18ClN3O2/c1-14(23-21(26)19-10-5-11-27-19)20-24-17-8-2-3-9-18(17)25(20)13-15-6-4-7-16(22)12-15/h2-12,14H,13H2,1H3,(H,23,26). The van der Waals surface area contributed by atoms with E-state index in [-0.39, 0.29) is 17.7 Å². The van der Waals surface area contributed by atoms with Crippen LogP contribution in [0.15, 0.2) is 71.3 Å². The average molecular weight is 380 g/mol. The number of para-hydroxylation sites is 2. The lowest BCUT2D eigenvalue weighted by molar-refractivity contribution is 0.0909. The molecule has 0 aliphatic carbocycles. The lowest BCUT2D eigenvalue weighted by atomic mass is 10.2. The third-order valence-corrected chi connectivity index (χ3v) is 4.63. The Bertz CT molecular complexity index is 1090. The van der Waals surface area contributed by atoms with Gasteiger partial charge in [-0.3, -0.25) is 4.79 Å². The van der Waals surface area contributed by atoms with Gasteiger partial charge in [-0.1, -0.05) is 35.9 Å². The second-order valence-electron chi connectivity index (χ2n) is 6.35. The van der Waals surface area contributed by atoms with Crippen LogP contribution in [0.2, 0.25) is 5.02 Å². The van der Waals surface area contributed by atoms with Gasteiger partial charge in [-0.2, -0.15) is 0 Å². The number of hydrogen-bond donors (Lipinski definition) is 1. The topological polar surface area (TPSA) is 60.1 Å². The number of nitrogens with zero attached hydrogens (tertiary/aromatic N) is 2. The zero-order valence-electron chi connectivity index (χ0n) is 14.7. The quantitative estimate of drug-likeness (QED) is 0.540. The largest absolute Gasteiger partial charge is 0.459 e. The van der Waals surface area contributed by atoms with E-state index in [0.29, 0.717) is 11.6 Å². The predicted octanol–water partition coefficient (Wildman–Crippen LogP) is 4.82. The molecular formula is C21H18ClN3O2. The van der Waals surface area contributed by atoms with Crippen LogP contribution in [0.1, 0.15) is 34.9 Å². The van der Waals surface area contributed by atoms with E-state index in [4.69, 9.17) is 21.0 Å². The van der Waals surface area contributed by atoms with Crippen molar-refractivity contribution < 1.29 is 9.21 Å². The molecule has 6 heteroatoms. The van der Waals surface area contributed by atoms with Gasteiger partial charge >= 0.3 is 0 Å². The van der Waals surface area contributed by atoms with Crippen molar-refractivity contribution >= 4 is 28.5 Å². The minimum atomic E-state index is -0.297. The molecule has 2 aromatic heterocycles. The van der Waals surface area contributed by atoms with Gasteiger partial charge in [0.05, 0.1) is 23.3 Å². The molecule has 4 aromatic rings. The third-order valence-electron chi connectivity index (χ3n) is 4.39. The number of halogens is 1. The smallest absolute Gasteiger partial charge is 0.287 e. The van der Waals surface area contributed by atoms with Gasteiger partial charge in [0.2, 0.25) is 0 Å². The summed E-state index contributed by atoms with van der Waals surface area (Å²) in [5.41, 5.74) is 2.96. The molecule has 4 rings (SSSR count). The van der Waals surface area contributed by atoms with Crippen LogP contribution in [-0.4, -0.2) is 15.5 Å². The normalized spacial score (nSPS) is 12.2. The fourth-order valence-corrected chi connectivity index (χ4v) is 3.36. The molecule has 1 atom stereocenters. The third kappa shape index (κ3) is 3.59. The number of aromatic nitrogens is 2. The maximum atomic E-state index is 12.4. The van der Waals surface area contributed by atoms with Gasteiger partial charge < -0.3 is 14.3 Å². The van der Waals surface area contributed by atoms with Gasteiger partial charge in [-0.05, 0) is 48.9 Å². The van der Waals surface area contributed by atoms with Crippen LogP contribution in [0.25, 0.3) is 11.0 Å². The van der Waals surface area contributed by atoms with Crippen molar-refractivity contribution in [1.29, 1.82) is 0 Å². The van der Waals surface area contributed by atoms with Crippen LogP contribution in [-0.2, 0) is 6.54 Å². The Hall–Kier alpha value is -3.05.